The van der Waals surface area contributed by atoms with E-state index in [1.54, 1.807) is 0 Å². The van der Waals surface area contributed by atoms with Gasteiger partial charge in [-0.25, -0.2) is 0 Å². The van der Waals surface area contributed by atoms with Gasteiger partial charge in [0.15, 0.2) is 0 Å². The molecule has 1 saturated heterocycles. The molecule has 0 aromatic carbocycles. The molecule has 1 aliphatic heterocycles. The van der Waals surface area contributed by atoms with E-state index in [1.807, 2.05) is 11.8 Å². The summed E-state index contributed by atoms with van der Waals surface area (Å²) >= 11 is 2.02. The lowest BCUT2D eigenvalue weighted by atomic mass is 10.1. The van der Waals surface area contributed by atoms with Crippen LogP contribution in [0.3, 0.4) is 0 Å². The van der Waals surface area contributed by atoms with Gasteiger partial charge < -0.3 is 11.1 Å². The molecule has 3 N–H and O–H groups in total. The maximum Gasteiger partial charge on any atom is 0.223 e. The Kier molecular flexibility index (Phi) is 5.13. The van der Waals surface area contributed by atoms with Gasteiger partial charge in [-0.15, -0.1) is 0 Å². The molecule has 2 aliphatic rings. The summed E-state index contributed by atoms with van der Waals surface area (Å²) in [5, 5.41) is 3.05. The lowest BCUT2D eigenvalue weighted by Gasteiger charge is -2.26. The summed E-state index contributed by atoms with van der Waals surface area (Å²) in [6.45, 7) is 4.10. The van der Waals surface area contributed by atoms with Crippen LogP contribution in [-0.2, 0) is 4.79 Å². The number of nitrogens with one attached hydrogen (secondary N) is 1. The molecular weight excluding hydrogens is 234 g/mol. The molecule has 0 radical (unpaired) electrons. The van der Waals surface area contributed by atoms with E-state index in [1.165, 1.54) is 11.5 Å². The third kappa shape index (κ3) is 4.16. The van der Waals surface area contributed by atoms with Gasteiger partial charge >= 0.3 is 0 Å². The molecule has 4 nitrogen and oxygen atoms in total. The van der Waals surface area contributed by atoms with Crippen LogP contribution in [0, 0.1) is 5.92 Å². The van der Waals surface area contributed by atoms with Gasteiger partial charge in [-0.05, 0) is 19.3 Å². The molecule has 1 aliphatic carbocycles. The van der Waals surface area contributed by atoms with Crippen LogP contribution in [0.15, 0.2) is 0 Å². The zero-order chi connectivity index (χ0) is 12.1. The second-order valence-electron chi connectivity index (χ2n) is 5.02. The van der Waals surface area contributed by atoms with Crippen molar-refractivity contribution in [2.75, 3.05) is 37.7 Å². The second kappa shape index (κ2) is 6.61. The summed E-state index contributed by atoms with van der Waals surface area (Å²) in [4.78, 5) is 14.3. The van der Waals surface area contributed by atoms with E-state index in [9.17, 15) is 4.79 Å². The van der Waals surface area contributed by atoms with Crippen LogP contribution in [0.5, 0.6) is 0 Å². The van der Waals surface area contributed by atoms with Crippen LogP contribution in [0.2, 0.25) is 0 Å². The second-order valence-corrected chi connectivity index (χ2v) is 6.24. The van der Waals surface area contributed by atoms with Gasteiger partial charge in [0, 0.05) is 49.6 Å². The number of thioether (sulfide) groups is 1. The largest absolute Gasteiger partial charge is 0.355 e. The van der Waals surface area contributed by atoms with Crippen molar-refractivity contribution < 1.29 is 4.79 Å². The van der Waals surface area contributed by atoms with Crippen LogP contribution < -0.4 is 11.1 Å². The van der Waals surface area contributed by atoms with Crippen molar-refractivity contribution in [3.05, 3.63) is 0 Å². The number of hydrogen-bond acceptors (Lipinski definition) is 4. The molecule has 0 bridgehead atoms. The summed E-state index contributed by atoms with van der Waals surface area (Å²) in [5.74, 6) is 2.84. The number of carbonyl (C=O) groups excluding carboxylic acids is 1. The van der Waals surface area contributed by atoms with E-state index in [0.717, 1.165) is 45.4 Å². The Morgan fingerprint density at radius 2 is 2.12 bits per heavy atom. The Bertz CT molecular complexity index is 256. The normalized spacial score (nSPS) is 30.4. The number of nitrogens with two attached hydrogens (primary N) is 1. The van der Waals surface area contributed by atoms with Gasteiger partial charge in [0.2, 0.25) is 5.91 Å². The SMILES string of the molecule is NC1CCC(C(=O)NCCN2CCSCC2)C1. The van der Waals surface area contributed by atoms with Crippen LogP contribution in [0.1, 0.15) is 19.3 Å². The Balaban J connectivity index is 1.59. The van der Waals surface area contributed by atoms with Crippen LogP contribution >= 0.6 is 11.8 Å². The van der Waals surface area contributed by atoms with Crippen molar-refractivity contribution in [2.45, 2.75) is 25.3 Å². The quantitative estimate of drug-likeness (QED) is 0.759. The van der Waals surface area contributed by atoms with Crippen LogP contribution in [-0.4, -0.2) is 54.5 Å². The molecule has 0 aromatic heterocycles. The van der Waals surface area contributed by atoms with E-state index in [2.05, 4.69) is 10.2 Å². The first-order chi connectivity index (χ1) is 8.25. The van der Waals surface area contributed by atoms with Crippen molar-refractivity contribution in [1.82, 2.24) is 10.2 Å². The zero-order valence-corrected chi connectivity index (χ0v) is 11.2. The van der Waals surface area contributed by atoms with Gasteiger partial charge in [0.05, 0.1) is 0 Å². The minimum Gasteiger partial charge on any atom is -0.355 e. The highest BCUT2D eigenvalue weighted by atomic mass is 32.2. The van der Waals surface area contributed by atoms with Crippen LogP contribution in [0.4, 0.5) is 0 Å². The van der Waals surface area contributed by atoms with E-state index in [0.29, 0.717) is 0 Å². The Hall–Kier alpha value is -0.260. The summed E-state index contributed by atoms with van der Waals surface area (Å²) in [6.07, 6.45) is 2.83. The Morgan fingerprint density at radius 1 is 1.35 bits per heavy atom. The molecule has 0 aromatic rings. The Labute approximate surface area is 108 Å². The summed E-state index contributed by atoms with van der Waals surface area (Å²) in [7, 11) is 0. The average molecular weight is 257 g/mol. The molecule has 2 rings (SSSR count). The highest BCUT2D eigenvalue weighted by Crippen LogP contribution is 2.23. The fourth-order valence-electron chi connectivity index (χ4n) is 2.56. The molecular formula is C12H23N3OS. The lowest BCUT2D eigenvalue weighted by molar-refractivity contribution is -0.124. The maximum absolute atomic E-state index is 11.8. The molecule has 5 heteroatoms. The number of nitrogens with zero attached hydrogens (tertiary/aromatic N) is 1. The molecule has 2 atom stereocenters. The van der Waals surface area contributed by atoms with Gasteiger partial charge in [-0.2, -0.15) is 11.8 Å². The zero-order valence-electron chi connectivity index (χ0n) is 10.4. The van der Waals surface area contributed by atoms with Gasteiger partial charge in [0.1, 0.15) is 0 Å². The third-order valence-corrected chi connectivity index (χ3v) is 4.62. The predicted octanol–water partition coefficient (Wildman–Crippen LogP) is 0.279. The van der Waals surface area contributed by atoms with E-state index < -0.39 is 0 Å². The summed E-state index contributed by atoms with van der Waals surface area (Å²) in [6, 6.07) is 0.241. The minimum atomic E-state index is 0.168. The van der Waals surface area contributed by atoms with Crippen molar-refractivity contribution >= 4 is 17.7 Å². The fourth-order valence-corrected chi connectivity index (χ4v) is 3.54. The summed E-state index contributed by atoms with van der Waals surface area (Å²) in [5.41, 5.74) is 5.82. The summed E-state index contributed by atoms with van der Waals surface area (Å²) < 4.78 is 0. The number of hydrogen-bond donors (Lipinski definition) is 2. The van der Waals surface area contributed by atoms with Gasteiger partial charge in [-0.3, -0.25) is 9.69 Å². The average Bonchev–Trinajstić information content (AvgIpc) is 2.77. The maximum atomic E-state index is 11.8. The molecule has 2 unspecified atom stereocenters. The third-order valence-electron chi connectivity index (χ3n) is 3.67. The topological polar surface area (TPSA) is 58.4 Å². The van der Waals surface area contributed by atoms with Crippen molar-refractivity contribution in [3.63, 3.8) is 0 Å². The molecule has 0 spiro atoms. The Morgan fingerprint density at radius 3 is 2.76 bits per heavy atom. The minimum absolute atomic E-state index is 0.168. The lowest BCUT2D eigenvalue weighted by Crippen LogP contribution is -2.40. The van der Waals surface area contributed by atoms with Crippen molar-refractivity contribution in [1.29, 1.82) is 0 Å². The first kappa shape index (κ1) is 13.2. The first-order valence-electron chi connectivity index (χ1n) is 6.59. The molecule has 1 heterocycles. The highest BCUT2D eigenvalue weighted by Gasteiger charge is 2.27. The van der Waals surface area contributed by atoms with Crippen LogP contribution in [0.25, 0.3) is 0 Å². The molecule has 17 heavy (non-hydrogen) atoms. The fraction of sp³-hybridized carbons (Fsp3) is 0.917. The number of amides is 1. The van der Waals surface area contributed by atoms with Crippen molar-refractivity contribution in [3.8, 4) is 0 Å². The number of rotatable bonds is 4. The number of carbonyl (C=O) groups is 1. The van der Waals surface area contributed by atoms with E-state index in [-0.39, 0.29) is 17.9 Å². The first-order valence-corrected chi connectivity index (χ1v) is 7.74. The molecule has 1 saturated carbocycles. The monoisotopic (exact) mass is 257 g/mol. The van der Waals surface area contributed by atoms with Gasteiger partial charge in [0.25, 0.3) is 0 Å². The molecule has 98 valence electrons. The van der Waals surface area contributed by atoms with Gasteiger partial charge in [-0.1, -0.05) is 0 Å². The van der Waals surface area contributed by atoms with E-state index in [4.69, 9.17) is 5.73 Å². The predicted molar refractivity (Wildman–Crippen MR) is 72.1 cm³/mol. The molecule has 1 amide bonds. The smallest absolute Gasteiger partial charge is 0.223 e. The van der Waals surface area contributed by atoms with E-state index >= 15 is 0 Å². The standard InChI is InChI=1S/C12H23N3OS/c13-11-2-1-10(9-11)12(16)14-3-4-15-5-7-17-8-6-15/h10-11H,1-9,13H2,(H,14,16). The highest BCUT2D eigenvalue weighted by molar-refractivity contribution is 7.99. The molecule has 2 fully saturated rings. The van der Waals surface area contributed by atoms with Crippen molar-refractivity contribution in [2.24, 2.45) is 11.7 Å².